The normalized spacial score (nSPS) is 23.9. The van der Waals surface area contributed by atoms with Crippen molar-refractivity contribution in [3.8, 4) is 0 Å². The van der Waals surface area contributed by atoms with Gasteiger partial charge in [-0.1, -0.05) is 6.08 Å². The third-order valence-corrected chi connectivity index (χ3v) is 2.27. The fourth-order valence-electron chi connectivity index (χ4n) is 1.68. The van der Waals surface area contributed by atoms with Gasteiger partial charge in [-0.15, -0.1) is 6.58 Å². The number of carbonyl (C=O) groups excluding carboxylic acids is 1. The first-order valence-electron chi connectivity index (χ1n) is 4.22. The van der Waals surface area contributed by atoms with Crippen LogP contribution < -0.4 is 0 Å². The molecule has 0 fully saturated rings. The Balaban J connectivity index is 2.98. The Morgan fingerprint density at radius 1 is 1.75 bits per heavy atom. The summed E-state index contributed by atoms with van der Waals surface area (Å²) in [5, 5.41) is 9.45. The molecule has 0 aliphatic heterocycles. The molecule has 0 heterocycles. The van der Waals surface area contributed by atoms with Crippen LogP contribution in [-0.4, -0.2) is 10.9 Å². The van der Waals surface area contributed by atoms with Gasteiger partial charge in [0.2, 0.25) is 0 Å². The summed E-state index contributed by atoms with van der Waals surface area (Å²) in [5.74, 6) is 0.298. The predicted octanol–water partition coefficient (Wildman–Crippen LogP) is 2.37. The highest BCUT2D eigenvalue weighted by Gasteiger charge is 2.23. The molecule has 0 bridgehead atoms. The van der Waals surface area contributed by atoms with E-state index in [0.29, 0.717) is 12.0 Å². The first kappa shape index (κ1) is 9.04. The molecule has 1 N–H and O–H groups in total. The van der Waals surface area contributed by atoms with Crippen LogP contribution in [0.4, 0.5) is 0 Å². The van der Waals surface area contributed by atoms with E-state index in [2.05, 4.69) is 6.58 Å². The number of ketones is 1. The Morgan fingerprint density at radius 3 is 2.83 bits per heavy atom. The van der Waals surface area contributed by atoms with Crippen molar-refractivity contribution in [3.63, 3.8) is 0 Å². The first-order chi connectivity index (χ1) is 5.66. The van der Waals surface area contributed by atoms with E-state index in [1.807, 2.05) is 0 Å². The summed E-state index contributed by atoms with van der Waals surface area (Å²) < 4.78 is 0. The fraction of sp³-hybridized carbons (Fsp3) is 0.500. The molecule has 1 atom stereocenters. The molecular weight excluding hydrogens is 152 g/mol. The van der Waals surface area contributed by atoms with E-state index in [-0.39, 0.29) is 17.5 Å². The highest BCUT2D eigenvalue weighted by atomic mass is 16.3. The van der Waals surface area contributed by atoms with Crippen LogP contribution in [0.3, 0.4) is 0 Å². The van der Waals surface area contributed by atoms with Crippen LogP contribution in [0, 0.1) is 5.92 Å². The Labute approximate surface area is 72.6 Å². The summed E-state index contributed by atoms with van der Waals surface area (Å²) in [6, 6.07) is 0. The number of aliphatic hydroxyl groups excluding tert-OH is 1. The molecule has 0 aromatic rings. The van der Waals surface area contributed by atoms with E-state index in [9.17, 15) is 9.90 Å². The Hall–Kier alpha value is -1.05. The van der Waals surface area contributed by atoms with Gasteiger partial charge in [0, 0.05) is 17.9 Å². The molecule has 0 amide bonds. The lowest BCUT2D eigenvalue weighted by Crippen LogP contribution is -2.15. The second-order valence-electron chi connectivity index (χ2n) is 3.15. The van der Waals surface area contributed by atoms with Crippen molar-refractivity contribution >= 4 is 5.78 Å². The molecule has 1 aliphatic carbocycles. The largest absolute Gasteiger partial charge is 0.512 e. The maximum Gasteiger partial charge on any atom is 0.159 e. The minimum absolute atomic E-state index is 0.0305. The van der Waals surface area contributed by atoms with Gasteiger partial charge in [0.25, 0.3) is 0 Å². The van der Waals surface area contributed by atoms with E-state index in [4.69, 9.17) is 0 Å². The molecule has 66 valence electrons. The number of carbonyl (C=O) groups is 1. The minimum Gasteiger partial charge on any atom is -0.512 e. The van der Waals surface area contributed by atoms with E-state index >= 15 is 0 Å². The molecule has 0 radical (unpaired) electrons. The molecule has 12 heavy (non-hydrogen) atoms. The van der Waals surface area contributed by atoms with Crippen molar-refractivity contribution in [2.24, 2.45) is 5.92 Å². The molecule has 2 nitrogen and oxygen atoms in total. The molecule has 0 saturated carbocycles. The summed E-state index contributed by atoms with van der Waals surface area (Å²) in [6.45, 7) is 5.15. The predicted molar refractivity (Wildman–Crippen MR) is 47.9 cm³/mol. The lowest BCUT2D eigenvalue weighted by Gasteiger charge is -2.21. The van der Waals surface area contributed by atoms with Crippen LogP contribution in [0.5, 0.6) is 0 Å². The zero-order valence-corrected chi connectivity index (χ0v) is 7.34. The van der Waals surface area contributed by atoms with Crippen LogP contribution in [0.25, 0.3) is 0 Å². The fourth-order valence-corrected chi connectivity index (χ4v) is 1.68. The van der Waals surface area contributed by atoms with E-state index < -0.39 is 0 Å². The number of aliphatic hydroxyl groups is 1. The monoisotopic (exact) mass is 166 g/mol. The van der Waals surface area contributed by atoms with Gasteiger partial charge >= 0.3 is 0 Å². The molecule has 0 saturated heterocycles. The first-order valence-corrected chi connectivity index (χ1v) is 4.22. The molecule has 0 aromatic carbocycles. The SMILES string of the molecule is C=CC1CCCC(O)=C1C(C)=O. The summed E-state index contributed by atoms with van der Waals surface area (Å²) in [6.07, 6.45) is 4.26. The number of allylic oxidation sites excluding steroid dienone is 3. The lowest BCUT2D eigenvalue weighted by atomic mass is 9.84. The zero-order chi connectivity index (χ0) is 9.14. The minimum atomic E-state index is -0.0305. The third-order valence-electron chi connectivity index (χ3n) is 2.27. The Kier molecular flexibility index (Phi) is 2.69. The molecule has 0 aromatic heterocycles. The second-order valence-corrected chi connectivity index (χ2v) is 3.15. The van der Waals surface area contributed by atoms with Gasteiger partial charge in [-0.2, -0.15) is 0 Å². The van der Waals surface area contributed by atoms with E-state index in [1.165, 1.54) is 6.92 Å². The zero-order valence-electron chi connectivity index (χ0n) is 7.34. The van der Waals surface area contributed by atoms with Crippen molar-refractivity contribution in [2.45, 2.75) is 26.2 Å². The Morgan fingerprint density at radius 2 is 2.42 bits per heavy atom. The number of rotatable bonds is 2. The number of Topliss-reactive ketones (excluding diaryl/α,β-unsaturated/α-hetero) is 1. The van der Waals surface area contributed by atoms with Crippen LogP contribution in [0.2, 0.25) is 0 Å². The molecule has 1 rings (SSSR count). The van der Waals surface area contributed by atoms with Gasteiger partial charge < -0.3 is 5.11 Å². The third kappa shape index (κ3) is 1.58. The van der Waals surface area contributed by atoms with Gasteiger partial charge in [-0.05, 0) is 19.8 Å². The van der Waals surface area contributed by atoms with Gasteiger partial charge in [-0.25, -0.2) is 0 Å². The summed E-state index contributed by atoms with van der Waals surface area (Å²) in [7, 11) is 0. The maximum absolute atomic E-state index is 11.1. The molecular formula is C10H14O2. The summed E-state index contributed by atoms with van der Waals surface area (Å²) in [4.78, 5) is 11.1. The quantitative estimate of drug-likeness (QED) is 0.639. The molecule has 1 aliphatic rings. The van der Waals surface area contributed by atoms with Crippen molar-refractivity contribution in [2.75, 3.05) is 0 Å². The molecule has 0 spiro atoms. The number of hydrogen-bond acceptors (Lipinski definition) is 2. The van der Waals surface area contributed by atoms with Crippen molar-refractivity contribution in [3.05, 3.63) is 24.0 Å². The lowest BCUT2D eigenvalue weighted by molar-refractivity contribution is -0.114. The second kappa shape index (κ2) is 3.57. The standard InChI is InChI=1S/C10H14O2/c1-3-8-5-4-6-9(12)10(8)7(2)11/h3,8,12H,1,4-6H2,2H3. The van der Waals surface area contributed by atoms with Crippen molar-refractivity contribution < 1.29 is 9.90 Å². The average molecular weight is 166 g/mol. The van der Waals surface area contributed by atoms with Gasteiger partial charge in [0.05, 0.1) is 5.76 Å². The van der Waals surface area contributed by atoms with E-state index in [0.717, 1.165) is 12.8 Å². The van der Waals surface area contributed by atoms with Crippen molar-refractivity contribution in [1.82, 2.24) is 0 Å². The molecule has 2 heteroatoms. The highest BCUT2D eigenvalue weighted by molar-refractivity contribution is 5.94. The highest BCUT2D eigenvalue weighted by Crippen LogP contribution is 2.29. The van der Waals surface area contributed by atoms with Gasteiger partial charge in [-0.3, -0.25) is 4.79 Å². The van der Waals surface area contributed by atoms with E-state index in [1.54, 1.807) is 6.08 Å². The summed E-state index contributed by atoms with van der Waals surface area (Å²) in [5.41, 5.74) is 0.566. The van der Waals surface area contributed by atoms with Crippen LogP contribution in [-0.2, 0) is 4.79 Å². The smallest absolute Gasteiger partial charge is 0.159 e. The van der Waals surface area contributed by atoms with Crippen LogP contribution in [0.15, 0.2) is 24.0 Å². The topological polar surface area (TPSA) is 37.3 Å². The van der Waals surface area contributed by atoms with Crippen LogP contribution >= 0.6 is 0 Å². The van der Waals surface area contributed by atoms with Crippen molar-refractivity contribution in [1.29, 1.82) is 0 Å². The van der Waals surface area contributed by atoms with Crippen LogP contribution in [0.1, 0.15) is 26.2 Å². The van der Waals surface area contributed by atoms with Gasteiger partial charge in [0.15, 0.2) is 5.78 Å². The summed E-state index contributed by atoms with van der Waals surface area (Å²) >= 11 is 0. The Bertz CT molecular complexity index is 238. The molecule has 1 unspecified atom stereocenters. The number of hydrogen-bond donors (Lipinski definition) is 1. The van der Waals surface area contributed by atoms with Gasteiger partial charge in [0.1, 0.15) is 0 Å². The average Bonchev–Trinajstić information content (AvgIpc) is 2.03. The maximum atomic E-state index is 11.1.